The number of aromatic nitrogens is 2. The second kappa shape index (κ2) is 7.17. The molecule has 0 bridgehead atoms. The van der Waals surface area contributed by atoms with Gasteiger partial charge in [0.15, 0.2) is 17.6 Å². The summed E-state index contributed by atoms with van der Waals surface area (Å²) in [5, 5.41) is 5.14. The van der Waals surface area contributed by atoms with Crippen LogP contribution in [0.4, 0.5) is 0 Å². The predicted octanol–water partition coefficient (Wildman–Crippen LogP) is 2.72. The number of hydrogen-bond acceptors (Lipinski definition) is 5. The summed E-state index contributed by atoms with van der Waals surface area (Å²) in [6.45, 7) is 4.36. The average Bonchev–Trinajstić information content (AvgIpc) is 2.59. The molecule has 0 radical (unpaired) electrons. The van der Waals surface area contributed by atoms with E-state index in [1.165, 1.54) is 4.68 Å². The number of carbonyl (C=O) groups excluding carboxylic acids is 2. The summed E-state index contributed by atoms with van der Waals surface area (Å²) in [5.41, 5.74) is -0.135. The van der Waals surface area contributed by atoms with E-state index in [2.05, 4.69) is 5.10 Å². The first kappa shape index (κ1) is 17.3. The summed E-state index contributed by atoms with van der Waals surface area (Å²) in [6.07, 6.45) is 2.00. The Labute approximate surface area is 145 Å². The van der Waals surface area contributed by atoms with E-state index >= 15 is 0 Å². The maximum absolute atomic E-state index is 12.7. The molecule has 0 N–H and O–H groups in total. The van der Waals surface area contributed by atoms with E-state index in [1.807, 2.05) is 13.8 Å². The fourth-order valence-corrected chi connectivity index (χ4v) is 3.12. The highest BCUT2D eigenvalue weighted by Gasteiger charge is 2.28. The number of ketones is 1. The van der Waals surface area contributed by atoms with Crippen molar-refractivity contribution in [2.24, 2.45) is 5.92 Å². The van der Waals surface area contributed by atoms with E-state index in [1.54, 1.807) is 24.3 Å². The Kier molecular flexibility index (Phi) is 4.97. The third kappa shape index (κ3) is 3.62. The maximum Gasteiger partial charge on any atom is 0.360 e. The second-order valence-corrected chi connectivity index (χ2v) is 6.88. The molecule has 132 valence electrons. The van der Waals surface area contributed by atoms with Crippen molar-refractivity contribution in [3.05, 3.63) is 40.3 Å². The summed E-state index contributed by atoms with van der Waals surface area (Å²) in [5.74, 6) is -0.483. The van der Waals surface area contributed by atoms with Gasteiger partial charge in [0.2, 0.25) is 0 Å². The third-order valence-electron chi connectivity index (χ3n) is 4.35. The molecule has 1 atom stereocenters. The first-order chi connectivity index (χ1) is 12.0. The molecule has 1 saturated carbocycles. The van der Waals surface area contributed by atoms with Crippen LogP contribution in [0.15, 0.2) is 29.1 Å². The first-order valence-corrected chi connectivity index (χ1v) is 8.71. The summed E-state index contributed by atoms with van der Waals surface area (Å²) in [4.78, 5) is 37.2. The van der Waals surface area contributed by atoms with Crippen LogP contribution in [-0.4, -0.2) is 27.6 Å². The minimum Gasteiger partial charge on any atom is -0.450 e. The summed E-state index contributed by atoms with van der Waals surface area (Å²) in [7, 11) is 0. The zero-order chi connectivity index (χ0) is 18.0. The van der Waals surface area contributed by atoms with Crippen LogP contribution < -0.4 is 5.56 Å². The fraction of sp³-hybridized carbons (Fsp3) is 0.474. The normalized spacial score (nSPS) is 17.9. The standard InChI is InChI=1S/C19H22N2O4/c1-12(2)11-21-18(23)14-8-4-3-7-13(14)17(20-21)19(24)25-16-10-6-5-9-15(16)22/h3-4,7-8,12,16H,5-6,9-11H2,1-2H3/t16-/m1/s1. The number of carbonyl (C=O) groups is 2. The predicted molar refractivity (Wildman–Crippen MR) is 93.5 cm³/mol. The van der Waals surface area contributed by atoms with Crippen molar-refractivity contribution in [3.8, 4) is 0 Å². The molecular weight excluding hydrogens is 320 g/mol. The van der Waals surface area contributed by atoms with Crippen LogP contribution in [0, 0.1) is 5.92 Å². The molecule has 0 amide bonds. The van der Waals surface area contributed by atoms with Crippen LogP contribution in [0.5, 0.6) is 0 Å². The van der Waals surface area contributed by atoms with Gasteiger partial charge in [0.25, 0.3) is 5.56 Å². The molecule has 1 fully saturated rings. The second-order valence-electron chi connectivity index (χ2n) is 6.88. The van der Waals surface area contributed by atoms with E-state index in [9.17, 15) is 14.4 Å². The fourth-order valence-electron chi connectivity index (χ4n) is 3.12. The van der Waals surface area contributed by atoms with E-state index in [0.29, 0.717) is 30.2 Å². The monoisotopic (exact) mass is 342 g/mol. The Balaban J connectivity index is 2.01. The molecular formula is C19H22N2O4. The lowest BCUT2D eigenvalue weighted by atomic mass is 9.96. The highest BCUT2D eigenvalue weighted by Crippen LogP contribution is 2.20. The van der Waals surface area contributed by atoms with Crippen molar-refractivity contribution in [2.45, 2.75) is 52.2 Å². The van der Waals surface area contributed by atoms with Crippen molar-refractivity contribution in [3.63, 3.8) is 0 Å². The number of rotatable bonds is 4. The Morgan fingerprint density at radius 2 is 1.96 bits per heavy atom. The molecule has 1 aliphatic carbocycles. The van der Waals surface area contributed by atoms with E-state index < -0.39 is 12.1 Å². The smallest absolute Gasteiger partial charge is 0.360 e. The zero-order valence-electron chi connectivity index (χ0n) is 14.5. The van der Waals surface area contributed by atoms with Gasteiger partial charge in [-0.3, -0.25) is 9.59 Å². The Morgan fingerprint density at radius 1 is 1.24 bits per heavy atom. The topological polar surface area (TPSA) is 78.3 Å². The van der Waals surface area contributed by atoms with E-state index in [0.717, 1.165) is 12.8 Å². The molecule has 25 heavy (non-hydrogen) atoms. The number of esters is 1. The molecule has 1 aliphatic rings. The lowest BCUT2D eigenvalue weighted by molar-refractivity contribution is -0.129. The van der Waals surface area contributed by atoms with Gasteiger partial charge in [-0.25, -0.2) is 9.48 Å². The Bertz CT molecular complexity index is 869. The minimum absolute atomic E-state index is 0.0422. The number of hydrogen-bond donors (Lipinski definition) is 0. The Hall–Kier alpha value is -2.50. The van der Waals surface area contributed by atoms with Crippen molar-refractivity contribution in [1.82, 2.24) is 9.78 Å². The number of fused-ring (bicyclic) bond motifs is 1. The van der Waals surface area contributed by atoms with Gasteiger partial charge in [-0.2, -0.15) is 5.10 Å². The maximum atomic E-state index is 12.7. The van der Waals surface area contributed by atoms with Crippen molar-refractivity contribution < 1.29 is 14.3 Å². The van der Waals surface area contributed by atoms with Crippen LogP contribution in [0.25, 0.3) is 10.8 Å². The molecule has 1 aromatic carbocycles. The number of Topliss-reactive ketones (excluding diaryl/α,β-unsaturated/α-hetero) is 1. The van der Waals surface area contributed by atoms with Gasteiger partial charge in [-0.05, 0) is 31.2 Å². The highest BCUT2D eigenvalue weighted by molar-refractivity contribution is 6.03. The van der Waals surface area contributed by atoms with Crippen LogP contribution in [0.2, 0.25) is 0 Å². The minimum atomic E-state index is -0.702. The first-order valence-electron chi connectivity index (χ1n) is 8.71. The summed E-state index contributed by atoms with van der Waals surface area (Å²) >= 11 is 0. The lowest BCUT2D eigenvalue weighted by Crippen LogP contribution is -2.32. The number of nitrogens with zero attached hydrogens (tertiary/aromatic N) is 2. The van der Waals surface area contributed by atoms with Gasteiger partial charge < -0.3 is 4.74 Å². The lowest BCUT2D eigenvalue weighted by Gasteiger charge is -2.21. The van der Waals surface area contributed by atoms with Gasteiger partial charge >= 0.3 is 5.97 Å². The highest BCUT2D eigenvalue weighted by atomic mass is 16.5. The summed E-state index contributed by atoms with van der Waals surface area (Å²) in [6, 6.07) is 6.86. The molecule has 0 aliphatic heterocycles. The third-order valence-corrected chi connectivity index (χ3v) is 4.35. The molecule has 1 heterocycles. The van der Waals surface area contributed by atoms with Gasteiger partial charge in [0.05, 0.1) is 5.39 Å². The SMILES string of the molecule is CC(C)Cn1nc(C(=O)O[C@@H]2CCCCC2=O)c2ccccc2c1=O. The molecule has 0 spiro atoms. The Morgan fingerprint density at radius 3 is 2.64 bits per heavy atom. The van der Waals surface area contributed by atoms with Crippen molar-refractivity contribution in [1.29, 1.82) is 0 Å². The van der Waals surface area contributed by atoms with Gasteiger partial charge in [0.1, 0.15) is 0 Å². The molecule has 6 nitrogen and oxygen atoms in total. The van der Waals surface area contributed by atoms with E-state index in [-0.39, 0.29) is 23.0 Å². The van der Waals surface area contributed by atoms with E-state index in [4.69, 9.17) is 4.74 Å². The quantitative estimate of drug-likeness (QED) is 0.798. The number of ether oxygens (including phenoxy) is 1. The van der Waals surface area contributed by atoms with Gasteiger partial charge in [-0.15, -0.1) is 0 Å². The molecule has 0 saturated heterocycles. The largest absolute Gasteiger partial charge is 0.450 e. The molecule has 2 aromatic rings. The zero-order valence-corrected chi connectivity index (χ0v) is 14.5. The van der Waals surface area contributed by atoms with Crippen LogP contribution in [0.3, 0.4) is 0 Å². The number of benzene rings is 1. The molecule has 0 unspecified atom stereocenters. The molecule has 3 rings (SSSR count). The molecule has 1 aromatic heterocycles. The van der Waals surface area contributed by atoms with Crippen molar-refractivity contribution in [2.75, 3.05) is 0 Å². The van der Waals surface area contributed by atoms with Crippen LogP contribution >= 0.6 is 0 Å². The summed E-state index contributed by atoms with van der Waals surface area (Å²) < 4.78 is 6.74. The van der Waals surface area contributed by atoms with Gasteiger partial charge in [0, 0.05) is 18.4 Å². The van der Waals surface area contributed by atoms with Crippen LogP contribution in [0.1, 0.15) is 50.0 Å². The van der Waals surface area contributed by atoms with Gasteiger partial charge in [-0.1, -0.05) is 32.0 Å². The average molecular weight is 342 g/mol. The molecule has 6 heteroatoms. The van der Waals surface area contributed by atoms with Crippen molar-refractivity contribution >= 4 is 22.5 Å². The van der Waals surface area contributed by atoms with Crippen LogP contribution in [-0.2, 0) is 16.1 Å².